The van der Waals surface area contributed by atoms with Crippen LogP contribution in [0.2, 0.25) is 0 Å². The summed E-state index contributed by atoms with van der Waals surface area (Å²) in [6.07, 6.45) is 0.856. The molecule has 2 aromatic carbocycles. The van der Waals surface area contributed by atoms with Crippen molar-refractivity contribution in [3.8, 4) is 0 Å². The lowest BCUT2D eigenvalue weighted by Gasteiger charge is -2.35. The fourth-order valence-corrected chi connectivity index (χ4v) is 3.01. The van der Waals surface area contributed by atoms with E-state index in [1.165, 1.54) is 11.6 Å². The first-order chi connectivity index (χ1) is 11.5. The number of nitrogens with zero attached hydrogens (tertiary/aromatic N) is 2. The molecule has 5 heteroatoms. The van der Waals surface area contributed by atoms with Gasteiger partial charge in [0.05, 0.1) is 5.56 Å². The van der Waals surface area contributed by atoms with Gasteiger partial charge in [0.25, 0.3) is 0 Å². The van der Waals surface area contributed by atoms with Crippen LogP contribution in [0.4, 0.5) is 10.5 Å². The van der Waals surface area contributed by atoms with Gasteiger partial charge in [0.1, 0.15) is 0 Å². The van der Waals surface area contributed by atoms with Gasteiger partial charge in [-0.1, -0.05) is 35.9 Å². The van der Waals surface area contributed by atoms with Crippen molar-refractivity contribution >= 4 is 17.7 Å². The normalized spacial score (nSPS) is 14.8. The molecular weight excluding hydrogens is 304 g/mol. The summed E-state index contributed by atoms with van der Waals surface area (Å²) >= 11 is 0. The van der Waals surface area contributed by atoms with E-state index in [9.17, 15) is 9.59 Å². The number of rotatable bonds is 4. The van der Waals surface area contributed by atoms with Crippen molar-refractivity contribution in [1.82, 2.24) is 4.90 Å². The molecule has 1 aliphatic heterocycles. The van der Waals surface area contributed by atoms with Crippen LogP contribution in [0.1, 0.15) is 27.9 Å². The zero-order valence-corrected chi connectivity index (χ0v) is 13.6. The number of carbonyl (C=O) groups excluding carboxylic acids is 1. The zero-order chi connectivity index (χ0) is 17.1. The molecule has 0 saturated carbocycles. The minimum Gasteiger partial charge on any atom is -0.478 e. The lowest BCUT2D eigenvalue weighted by molar-refractivity contribution is 0.0697. The van der Waals surface area contributed by atoms with Crippen molar-refractivity contribution in [3.63, 3.8) is 0 Å². The van der Waals surface area contributed by atoms with Gasteiger partial charge in [-0.2, -0.15) is 0 Å². The Morgan fingerprint density at radius 1 is 1.12 bits per heavy atom. The van der Waals surface area contributed by atoms with Crippen molar-refractivity contribution in [2.45, 2.75) is 19.9 Å². The van der Waals surface area contributed by atoms with Crippen LogP contribution in [0.5, 0.6) is 0 Å². The Morgan fingerprint density at radius 3 is 2.67 bits per heavy atom. The maximum absolute atomic E-state index is 12.8. The molecule has 2 aromatic rings. The molecule has 1 heterocycles. The first-order valence-corrected chi connectivity index (χ1v) is 8.00. The quantitative estimate of drug-likeness (QED) is 0.936. The summed E-state index contributed by atoms with van der Waals surface area (Å²) in [7, 11) is 0. The van der Waals surface area contributed by atoms with Gasteiger partial charge in [0, 0.05) is 25.3 Å². The molecule has 0 radical (unpaired) electrons. The van der Waals surface area contributed by atoms with Gasteiger partial charge in [-0.3, -0.25) is 4.90 Å². The minimum absolute atomic E-state index is 0.0784. The second kappa shape index (κ2) is 6.74. The molecule has 0 unspecified atom stereocenters. The van der Waals surface area contributed by atoms with E-state index >= 15 is 0 Å². The predicted octanol–water partition coefficient (Wildman–Crippen LogP) is 3.53. The lowest BCUT2D eigenvalue weighted by Crippen LogP contribution is -2.49. The van der Waals surface area contributed by atoms with Gasteiger partial charge in [-0.25, -0.2) is 9.59 Å². The molecule has 5 nitrogen and oxygen atoms in total. The number of aryl methyl sites for hydroxylation is 1. The lowest BCUT2D eigenvalue weighted by atomic mass is 10.1. The van der Waals surface area contributed by atoms with Crippen LogP contribution in [0.3, 0.4) is 0 Å². The highest BCUT2D eigenvalue weighted by Gasteiger charge is 2.27. The number of amides is 2. The molecule has 0 spiro atoms. The molecule has 1 saturated heterocycles. The van der Waals surface area contributed by atoms with Crippen LogP contribution in [0.15, 0.2) is 48.5 Å². The number of urea groups is 1. The van der Waals surface area contributed by atoms with Crippen molar-refractivity contribution in [3.05, 3.63) is 65.2 Å². The number of benzene rings is 2. The van der Waals surface area contributed by atoms with Crippen LogP contribution in [0.25, 0.3) is 0 Å². The van der Waals surface area contributed by atoms with Crippen molar-refractivity contribution < 1.29 is 14.7 Å². The molecule has 0 bridgehead atoms. The molecule has 0 aliphatic carbocycles. The third kappa shape index (κ3) is 3.40. The third-order valence-electron chi connectivity index (χ3n) is 4.17. The Kier molecular flexibility index (Phi) is 4.51. The van der Waals surface area contributed by atoms with E-state index in [2.05, 4.69) is 6.07 Å². The minimum atomic E-state index is -0.988. The Labute approximate surface area is 141 Å². The van der Waals surface area contributed by atoms with Crippen molar-refractivity contribution in [1.29, 1.82) is 0 Å². The number of hydrogen-bond donors (Lipinski definition) is 1. The van der Waals surface area contributed by atoms with Crippen LogP contribution in [0, 0.1) is 6.92 Å². The molecule has 1 N–H and O–H groups in total. The van der Waals surface area contributed by atoms with Gasteiger partial charge in [0.15, 0.2) is 0 Å². The third-order valence-corrected chi connectivity index (χ3v) is 4.17. The first-order valence-electron chi connectivity index (χ1n) is 8.00. The number of hydrogen-bond acceptors (Lipinski definition) is 2. The molecule has 2 amide bonds. The number of carboxylic acid groups (broad SMARTS) is 1. The molecule has 3 rings (SSSR count). The van der Waals surface area contributed by atoms with Crippen LogP contribution in [-0.4, -0.2) is 35.1 Å². The fraction of sp³-hybridized carbons (Fsp3) is 0.263. The Bertz CT molecular complexity index is 773. The van der Waals surface area contributed by atoms with Gasteiger partial charge >= 0.3 is 12.0 Å². The number of aromatic carboxylic acids is 1. The average molecular weight is 324 g/mol. The highest BCUT2D eigenvalue weighted by molar-refractivity contribution is 5.95. The van der Waals surface area contributed by atoms with E-state index in [1.54, 1.807) is 23.1 Å². The summed E-state index contributed by atoms with van der Waals surface area (Å²) in [5, 5.41) is 9.13. The molecule has 24 heavy (non-hydrogen) atoms. The topological polar surface area (TPSA) is 60.9 Å². The van der Waals surface area contributed by atoms with E-state index < -0.39 is 5.97 Å². The smallest absolute Gasteiger partial charge is 0.335 e. The monoisotopic (exact) mass is 324 g/mol. The second-order valence-corrected chi connectivity index (χ2v) is 6.05. The highest BCUT2D eigenvalue weighted by Crippen LogP contribution is 2.22. The summed E-state index contributed by atoms with van der Waals surface area (Å²) in [5.74, 6) is -0.988. The highest BCUT2D eigenvalue weighted by atomic mass is 16.4. The van der Waals surface area contributed by atoms with Crippen LogP contribution >= 0.6 is 0 Å². The predicted molar refractivity (Wildman–Crippen MR) is 92.3 cm³/mol. The van der Waals surface area contributed by atoms with Crippen LogP contribution < -0.4 is 4.90 Å². The number of carbonyl (C=O) groups is 2. The molecular formula is C19H20N2O3. The van der Waals surface area contributed by atoms with Gasteiger partial charge in [0.2, 0.25) is 0 Å². The Morgan fingerprint density at radius 2 is 1.92 bits per heavy atom. The summed E-state index contributed by atoms with van der Waals surface area (Å²) in [4.78, 5) is 27.4. The summed E-state index contributed by atoms with van der Waals surface area (Å²) < 4.78 is 0. The van der Waals surface area contributed by atoms with E-state index in [0.717, 1.165) is 12.0 Å². The van der Waals surface area contributed by atoms with Gasteiger partial charge in [-0.05, 0) is 37.1 Å². The summed E-state index contributed by atoms with van der Waals surface area (Å²) in [6.45, 7) is 3.91. The number of carboxylic acids is 1. The van der Waals surface area contributed by atoms with Gasteiger partial charge in [-0.15, -0.1) is 0 Å². The first kappa shape index (κ1) is 16.1. The maximum Gasteiger partial charge on any atom is 0.335 e. The molecule has 1 fully saturated rings. The Balaban J connectivity index is 1.80. The van der Waals surface area contributed by atoms with Crippen molar-refractivity contribution in [2.75, 3.05) is 18.0 Å². The zero-order valence-electron chi connectivity index (χ0n) is 13.6. The standard InChI is InChI=1S/C19H20N2O3/c1-14-5-2-6-15(11-14)13-20-9-4-10-21(19(20)24)17-8-3-7-16(12-17)18(22)23/h2-3,5-8,11-12H,4,9-10,13H2,1H3,(H,22,23). The second-order valence-electron chi connectivity index (χ2n) is 6.05. The molecule has 0 atom stereocenters. The maximum atomic E-state index is 12.8. The Hall–Kier alpha value is -2.82. The van der Waals surface area contributed by atoms with E-state index in [1.807, 2.05) is 30.0 Å². The fourth-order valence-electron chi connectivity index (χ4n) is 3.01. The number of anilines is 1. The van der Waals surface area contributed by atoms with Gasteiger partial charge < -0.3 is 10.0 Å². The SMILES string of the molecule is Cc1cccc(CN2CCCN(c3cccc(C(=O)O)c3)C2=O)c1. The summed E-state index contributed by atoms with van der Waals surface area (Å²) in [5.41, 5.74) is 3.09. The molecule has 0 aromatic heterocycles. The molecule has 1 aliphatic rings. The van der Waals surface area contributed by atoms with E-state index in [-0.39, 0.29) is 11.6 Å². The van der Waals surface area contributed by atoms with E-state index in [4.69, 9.17) is 5.11 Å². The van der Waals surface area contributed by atoms with E-state index in [0.29, 0.717) is 25.3 Å². The average Bonchev–Trinajstić information content (AvgIpc) is 2.57. The summed E-state index contributed by atoms with van der Waals surface area (Å²) in [6, 6.07) is 14.6. The van der Waals surface area contributed by atoms with Crippen molar-refractivity contribution in [2.24, 2.45) is 0 Å². The molecule has 124 valence electrons. The largest absolute Gasteiger partial charge is 0.478 e. The van der Waals surface area contributed by atoms with Crippen LogP contribution in [-0.2, 0) is 6.54 Å².